The summed E-state index contributed by atoms with van der Waals surface area (Å²) in [6.07, 6.45) is 1.40. The summed E-state index contributed by atoms with van der Waals surface area (Å²) in [5.41, 5.74) is 1.94. The first kappa shape index (κ1) is 14.3. The van der Waals surface area contributed by atoms with Crippen molar-refractivity contribution in [3.8, 4) is 0 Å². The highest BCUT2D eigenvalue weighted by molar-refractivity contribution is 8.18. The monoisotopic (exact) mass is 291 g/mol. The number of hydrogen-bond acceptors (Lipinski definition) is 4. The molecule has 1 saturated heterocycles. The number of thioether (sulfide) groups is 1. The van der Waals surface area contributed by atoms with Gasteiger partial charge in [0.2, 0.25) is 0 Å². The fourth-order valence-electron chi connectivity index (χ4n) is 1.71. The van der Waals surface area contributed by atoms with Gasteiger partial charge in [-0.25, -0.2) is 0 Å². The molecule has 1 N–H and O–H groups in total. The molecule has 1 aliphatic rings. The van der Waals surface area contributed by atoms with Crippen molar-refractivity contribution >= 4 is 35.0 Å². The smallest absolute Gasteiger partial charge is 0.305 e. The molecule has 0 atom stereocenters. The predicted molar refractivity (Wildman–Crippen MR) is 76.1 cm³/mol. The van der Waals surface area contributed by atoms with Crippen LogP contribution in [-0.4, -0.2) is 33.7 Å². The third kappa shape index (κ3) is 3.27. The molecule has 0 spiro atoms. The van der Waals surface area contributed by atoms with E-state index in [4.69, 9.17) is 5.11 Å². The maximum absolute atomic E-state index is 12.0. The van der Waals surface area contributed by atoms with Crippen LogP contribution >= 0.6 is 11.8 Å². The van der Waals surface area contributed by atoms with Gasteiger partial charge >= 0.3 is 5.97 Å². The number of nitrogens with zero attached hydrogens (tertiary/aromatic N) is 1. The third-order valence-corrected chi connectivity index (χ3v) is 3.71. The summed E-state index contributed by atoms with van der Waals surface area (Å²) in [4.78, 5) is 35.5. The van der Waals surface area contributed by atoms with Crippen LogP contribution in [0.1, 0.15) is 17.5 Å². The Morgan fingerprint density at radius 1 is 1.30 bits per heavy atom. The van der Waals surface area contributed by atoms with Crippen LogP contribution in [0.3, 0.4) is 0 Å². The van der Waals surface area contributed by atoms with Gasteiger partial charge in [-0.05, 0) is 30.3 Å². The average Bonchev–Trinajstić information content (AvgIpc) is 2.65. The lowest BCUT2D eigenvalue weighted by molar-refractivity contribution is -0.137. The van der Waals surface area contributed by atoms with E-state index in [-0.39, 0.29) is 13.0 Å². The SMILES string of the molecule is Cc1ccc(/C=C2/SC(=O)N(CCC(=O)O)C2=O)cc1. The highest BCUT2D eigenvalue weighted by Gasteiger charge is 2.34. The topological polar surface area (TPSA) is 74.7 Å². The first-order valence-electron chi connectivity index (χ1n) is 6.01. The highest BCUT2D eigenvalue weighted by atomic mass is 32.2. The van der Waals surface area contributed by atoms with Crippen molar-refractivity contribution in [1.29, 1.82) is 0 Å². The summed E-state index contributed by atoms with van der Waals surface area (Å²) in [6.45, 7) is 1.87. The van der Waals surface area contributed by atoms with Crippen molar-refractivity contribution < 1.29 is 19.5 Å². The number of carbonyl (C=O) groups is 3. The molecule has 0 radical (unpaired) electrons. The Balaban J connectivity index is 2.14. The Kier molecular flexibility index (Phi) is 4.24. The molecule has 2 rings (SSSR count). The number of carbonyl (C=O) groups excluding carboxylic acids is 2. The minimum Gasteiger partial charge on any atom is -0.481 e. The molecule has 1 aromatic rings. The maximum atomic E-state index is 12.0. The largest absolute Gasteiger partial charge is 0.481 e. The fourth-order valence-corrected chi connectivity index (χ4v) is 2.58. The van der Waals surface area contributed by atoms with Crippen LogP contribution < -0.4 is 0 Å². The highest BCUT2D eigenvalue weighted by Crippen LogP contribution is 2.32. The lowest BCUT2D eigenvalue weighted by Gasteiger charge is -2.09. The van der Waals surface area contributed by atoms with Crippen LogP contribution in [0.4, 0.5) is 4.79 Å². The molecule has 0 saturated carbocycles. The molecule has 0 aliphatic carbocycles. The molecule has 104 valence electrons. The first-order valence-corrected chi connectivity index (χ1v) is 6.83. The van der Waals surface area contributed by atoms with E-state index in [9.17, 15) is 14.4 Å². The summed E-state index contributed by atoms with van der Waals surface area (Å²) in [7, 11) is 0. The second-order valence-corrected chi connectivity index (χ2v) is 5.38. The van der Waals surface area contributed by atoms with Crippen molar-refractivity contribution in [2.75, 3.05) is 6.54 Å². The standard InChI is InChI=1S/C14H13NO4S/c1-9-2-4-10(5-3-9)8-11-13(18)15(14(19)20-11)7-6-12(16)17/h2-5,8H,6-7H2,1H3,(H,16,17)/b11-8+. The number of aliphatic carboxylic acids is 1. The van der Waals surface area contributed by atoms with Crippen LogP contribution in [0.5, 0.6) is 0 Å². The van der Waals surface area contributed by atoms with E-state index in [1.165, 1.54) is 0 Å². The number of carboxylic acids is 1. The lowest BCUT2D eigenvalue weighted by atomic mass is 10.1. The summed E-state index contributed by atoms with van der Waals surface area (Å²) in [5, 5.41) is 8.18. The van der Waals surface area contributed by atoms with Gasteiger partial charge in [-0.15, -0.1) is 0 Å². The quantitative estimate of drug-likeness (QED) is 0.863. The number of rotatable bonds is 4. The first-order chi connectivity index (χ1) is 9.47. The zero-order valence-corrected chi connectivity index (χ0v) is 11.6. The summed E-state index contributed by atoms with van der Waals surface area (Å²) >= 11 is 0.838. The van der Waals surface area contributed by atoms with Crippen LogP contribution in [0, 0.1) is 6.92 Å². The van der Waals surface area contributed by atoms with Gasteiger partial charge in [-0.2, -0.15) is 0 Å². The molecule has 0 aromatic heterocycles. The summed E-state index contributed by atoms with van der Waals surface area (Å²) in [6, 6.07) is 7.56. The van der Waals surface area contributed by atoms with E-state index in [1.54, 1.807) is 6.08 Å². The molecular weight excluding hydrogens is 278 g/mol. The van der Waals surface area contributed by atoms with Crippen molar-refractivity contribution in [3.05, 3.63) is 40.3 Å². The van der Waals surface area contributed by atoms with E-state index >= 15 is 0 Å². The van der Waals surface area contributed by atoms with Crippen LogP contribution in [0.25, 0.3) is 6.08 Å². The molecule has 2 amide bonds. The average molecular weight is 291 g/mol. The molecule has 6 heteroatoms. The molecular formula is C14H13NO4S. The molecule has 5 nitrogen and oxygen atoms in total. The molecule has 20 heavy (non-hydrogen) atoms. The van der Waals surface area contributed by atoms with Gasteiger partial charge in [0.15, 0.2) is 0 Å². The number of benzene rings is 1. The van der Waals surface area contributed by atoms with Gasteiger partial charge in [0.05, 0.1) is 11.3 Å². The van der Waals surface area contributed by atoms with E-state index < -0.39 is 17.1 Å². The number of imide groups is 1. The summed E-state index contributed by atoms with van der Waals surface area (Å²) < 4.78 is 0. The van der Waals surface area contributed by atoms with Gasteiger partial charge in [0.25, 0.3) is 11.1 Å². The van der Waals surface area contributed by atoms with Crippen molar-refractivity contribution in [2.45, 2.75) is 13.3 Å². The minimum atomic E-state index is -1.04. The number of aryl methyl sites for hydroxylation is 1. The molecule has 1 fully saturated rings. The zero-order chi connectivity index (χ0) is 14.7. The van der Waals surface area contributed by atoms with Crippen LogP contribution in [0.2, 0.25) is 0 Å². The Morgan fingerprint density at radius 3 is 2.55 bits per heavy atom. The number of hydrogen-bond donors (Lipinski definition) is 1. The Morgan fingerprint density at radius 2 is 1.95 bits per heavy atom. The Labute approximate surface area is 120 Å². The molecule has 0 unspecified atom stereocenters. The van der Waals surface area contributed by atoms with E-state index in [1.807, 2.05) is 31.2 Å². The van der Waals surface area contributed by atoms with Crippen LogP contribution in [0.15, 0.2) is 29.2 Å². The van der Waals surface area contributed by atoms with Crippen LogP contribution in [-0.2, 0) is 9.59 Å². The maximum Gasteiger partial charge on any atom is 0.305 e. The second-order valence-electron chi connectivity index (χ2n) is 4.39. The number of carboxylic acid groups (broad SMARTS) is 1. The molecule has 1 aromatic carbocycles. The Bertz CT molecular complexity index is 592. The Hall–Kier alpha value is -2.08. The van der Waals surface area contributed by atoms with Gasteiger partial charge in [0, 0.05) is 6.54 Å². The fraction of sp³-hybridized carbons (Fsp3) is 0.214. The van der Waals surface area contributed by atoms with Crippen molar-refractivity contribution in [2.24, 2.45) is 0 Å². The second kappa shape index (κ2) is 5.92. The van der Waals surface area contributed by atoms with Gasteiger partial charge in [0.1, 0.15) is 0 Å². The predicted octanol–water partition coefficient (Wildman–Crippen LogP) is 2.51. The summed E-state index contributed by atoms with van der Waals surface area (Å²) in [5.74, 6) is -1.46. The third-order valence-electron chi connectivity index (χ3n) is 2.80. The van der Waals surface area contributed by atoms with E-state index in [2.05, 4.69) is 0 Å². The van der Waals surface area contributed by atoms with Crippen molar-refractivity contribution in [1.82, 2.24) is 4.90 Å². The van der Waals surface area contributed by atoms with Gasteiger partial charge in [-0.3, -0.25) is 19.3 Å². The zero-order valence-electron chi connectivity index (χ0n) is 10.8. The van der Waals surface area contributed by atoms with E-state index in [0.29, 0.717) is 4.91 Å². The number of amides is 2. The molecule has 0 bridgehead atoms. The molecule has 1 heterocycles. The minimum absolute atomic E-state index is 0.0920. The van der Waals surface area contributed by atoms with Crippen molar-refractivity contribution in [3.63, 3.8) is 0 Å². The van der Waals surface area contributed by atoms with Gasteiger partial charge in [-0.1, -0.05) is 29.8 Å². The van der Waals surface area contributed by atoms with Gasteiger partial charge < -0.3 is 5.11 Å². The normalized spacial score (nSPS) is 17.1. The lowest BCUT2D eigenvalue weighted by Crippen LogP contribution is -2.30. The van der Waals surface area contributed by atoms with E-state index in [0.717, 1.165) is 27.8 Å². The molecule has 1 aliphatic heterocycles.